The molecule has 3 aromatic heterocycles. The zero-order chi connectivity index (χ0) is 34.0. The van der Waals surface area contributed by atoms with Crippen LogP contribution >= 0.6 is 0 Å². The number of fused-ring (bicyclic) bond motifs is 4. The molecule has 0 fully saturated rings. The van der Waals surface area contributed by atoms with Gasteiger partial charge in [-0.25, -0.2) is 24.9 Å². The highest BCUT2D eigenvalue weighted by Gasteiger charge is 2.41. The molecule has 2 aliphatic heterocycles. The van der Waals surface area contributed by atoms with E-state index in [1.807, 2.05) is 12.1 Å². The first-order valence-electron chi connectivity index (χ1n) is 16.9. The molecule has 7 aromatic rings. The van der Waals surface area contributed by atoms with E-state index in [1.54, 1.807) is 24.8 Å². The zero-order valence-corrected chi connectivity index (χ0v) is 28.4. The monoisotopic (exact) mass is 649 g/mol. The van der Waals surface area contributed by atoms with Crippen LogP contribution in [0.15, 0.2) is 140 Å². The maximum Gasteiger partial charge on any atom is 0.180 e. The molecule has 0 spiro atoms. The lowest BCUT2D eigenvalue weighted by Crippen LogP contribution is -2.32. The van der Waals surface area contributed by atoms with Gasteiger partial charge in [0.2, 0.25) is 0 Å². The van der Waals surface area contributed by atoms with Gasteiger partial charge in [-0.15, -0.1) is 0 Å². The van der Waals surface area contributed by atoms with Crippen molar-refractivity contribution in [2.24, 2.45) is 0 Å². The van der Waals surface area contributed by atoms with Crippen LogP contribution in [0.1, 0.15) is 49.9 Å². The van der Waals surface area contributed by atoms with Crippen LogP contribution < -0.4 is 9.80 Å². The number of benzene rings is 4. The van der Waals surface area contributed by atoms with Crippen molar-refractivity contribution in [3.63, 3.8) is 0 Å². The van der Waals surface area contributed by atoms with Crippen molar-refractivity contribution in [3.8, 4) is 22.9 Å². The Kier molecular flexibility index (Phi) is 6.68. The van der Waals surface area contributed by atoms with Crippen molar-refractivity contribution in [2.45, 2.75) is 38.5 Å². The summed E-state index contributed by atoms with van der Waals surface area (Å²) in [5.74, 6) is 1.81. The van der Waals surface area contributed by atoms with Crippen LogP contribution in [0.25, 0.3) is 22.9 Å². The van der Waals surface area contributed by atoms with Crippen molar-refractivity contribution < 1.29 is 0 Å². The average molecular weight is 650 g/mol. The Morgan fingerprint density at radius 3 is 1.24 bits per heavy atom. The summed E-state index contributed by atoms with van der Waals surface area (Å²) in [4.78, 5) is 29.4. The highest BCUT2D eigenvalue weighted by molar-refractivity contribution is 5.96. The minimum atomic E-state index is -0.230. The van der Waals surface area contributed by atoms with Crippen LogP contribution in [0.5, 0.6) is 0 Å². The van der Waals surface area contributed by atoms with Gasteiger partial charge in [-0.1, -0.05) is 100 Å². The smallest absolute Gasteiger partial charge is 0.180 e. The Labute approximate surface area is 292 Å². The molecule has 0 unspecified atom stereocenters. The topological polar surface area (TPSA) is 70.9 Å². The summed E-state index contributed by atoms with van der Waals surface area (Å²) in [5, 5.41) is 0. The van der Waals surface area contributed by atoms with Gasteiger partial charge in [0.1, 0.15) is 11.5 Å². The molecule has 5 heterocycles. The number of nitrogens with zero attached hydrogens (tertiary/aromatic N) is 7. The third kappa shape index (κ3) is 4.39. The summed E-state index contributed by atoms with van der Waals surface area (Å²) in [6.45, 7) is 9.16. The predicted molar refractivity (Wildman–Crippen MR) is 200 cm³/mol. The van der Waals surface area contributed by atoms with Crippen molar-refractivity contribution in [3.05, 3.63) is 162 Å². The summed E-state index contributed by atoms with van der Waals surface area (Å²) in [6.07, 6.45) is 7.12. The van der Waals surface area contributed by atoms with Crippen LogP contribution in [0.2, 0.25) is 0 Å². The number of hydrogen-bond donors (Lipinski definition) is 0. The molecule has 0 aliphatic carbocycles. The van der Waals surface area contributed by atoms with Gasteiger partial charge >= 0.3 is 0 Å². The van der Waals surface area contributed by atoms with Gasteiger partial charge in [0, 0.05) is 35.6 Å². The van der Waals surface area contributed by atoms with Gasteiger partial charge < -0.3 is 4.90 Å². The minimum Gasteiger partial charge on any atom is -0.308 e. The van der Waals surface area contributed by atoms with Gasteiger partial charge in [-0.2, -0.15) is 0 Å². The lowest BCUT2D eigenvalue weighted by Gasteiger charge is -2.43. The van der Waals surface area contributed by atoms with Crippen LogP contribution in [0.3, 0.4) is 0 Å². The molecule has 242 valence electrons. The van der Waals surface area contributed by atoms with Gasteiger partial charge in [0.25, 0.3) is 0 Å². The lowest BCUT2D eigenvalue weighted by molar-refractivity contribution is 0.631. The van der Waals surface area contributed by atoms with E-state index in [0.29, 0.717) is 23.2 Å². The Hall–Kier alpha value is -6.21. The summed E-state index contributed by atoms with van der Waals surface area (Å²) >= 11 is 0. The normalized spacial score (nSPS) is 15.0. The van der Waals surface area contributed by atoms with Crippen LogP contribution in [-0.4, -0.2) is 24.9 Å². The predicted octanol–water partition coefficient (Wildman–Crippen LogP) is 10.2. The van der Waals surface area contributed by atoms with E-state index >= 15 is 0 Å². The van der Waals surface area contributed by atoms with Crippen LogP contribution in [0.4, 0.5) is 34.3 Å². The molecule has 50 heavy (non-hydrogen) atoms. The largest absolute Gasteiger partial charge is 0.308 e. The fraction of sp³-hybridized carbons (Fsp3) is 0.140. The summed E-state index contributed by atoms with van der Waals surface area (Å²) in [5.41, 5.74) is 11.0. The molecule has 0 atom stereocenters. The summed E-state index contributed by atoms with van der Waals surface area (Å²) in [6, 6.07) is 40.3. The van der Waals surface area contributed by atoms with E-state index in [9.17, 15) is 0 Å². The molecule has 2 aliphatic rings. The van der Waals surface area contributed by atoms with E-state index in [1.165, 1.54) is 22.3 Å². The molecule has 0 amide bonds. The quantitative estimate of drug-likeness (QED) is 0.188. The average Bonchev–Trinajstić information content (AvgIpc) is 3.16. The van der Waals surface area contributed by atoms with Gasteiger partial charge in [-0.05, 0) is 64.7 Å². The molecule has 7 heteroatoms. The highest BCUT2D eigenvalue weighted by Crippen LogP contribution is 2.56. The van der Waals surface area contributed by atoms with Crippen molar-refractivity contribution in [1.29, 1.82) is 0 Å². The van der Waals surface area contributed by atoms with E-state index in [-0.39, 0.29) is 10.8 Å². The molecule has 0 bridgehead atoms. The Morgan fingerprint density at radius 1 is 0.420 bits per heavy atom. The number of para-hydroxylation sites is 4. The third-order valence-corrected chi connectivity index (χ3v) is 10.3. The van der Waals surface area contributed by atoms with Crippen LogP contribution in [0, 0.1) is 0 Å². The van der Waals surface area contributed by atoms with E-state index in [2.05, 4.69) is 141 Å². The lowest BCUT2D eigenvalue weighted by atomic mass is 9.73. The van der Waals surface area contributed by atoms with Crippen LogP contribution in [-0.2, 0) is 10.8 Å². The van der Waals surface area contributed by atoms with Gasteiger partial charge in [0.05, 0.1) is 34.0 Å². The molecule has 0 radical (unpaired) electrons. The molecular weight excluding hydrogens is 615 g/mol. The maximum absolute atomic E-state index is 5.63. The highest BCUT2D eigenvalue weighted by atomic mass is 15.2. The number of pyridine rings is 1. The molecule has 0 saturated heterocycles. The van der Waals surface area contributed by atoms with Gasteiger partial charge in [-0.3, -0.25) is 4.90 Å². The van der Waals surface area contributed by atoms with E-state index < -0.39 is 0 Å². The molecule has 0 saturated carbocycles. The molecular formula is C43H35N7. The van der Waals surface area contributed by atoms with Crippen molar-refractivity contribution in [2.75, 3.05) is 9.80 Å². The fourth-order valence-corrected chi connectivity index (χ4v) is 7.85. The molecule has 4 aromatic carbocycles. The van der Waals surface area contributed by atoms with E-state index in [4.69, 9.17) is 24.9 Å². The second-order valence-electron chi connectivity index (χ2n) is 13.9. The number of rotatable bonds is 4. The molecule has 0 N–H and O–H groups in total. The first kappa shape index (κ1) is 29.9. The Bertz CT molecular complexity index is 2130. The first-order chi connectivity index (χ1) is 24.4. The number of aromatic nitrogens is 5. The number of anilines is 6. The van der Waals surface area contributed by atoms with Gasteiger partial charge in [0.15, 0.2) is 11.6 Å². The molecule has 9 rings (SSSR count). The Morgan fingerprint density at radius 2 is 0.800 bits per heavy atom. The minimum absolute atomic E-state index is 0.222. The SMILES string of the molecule is CC1(C)c2ccccc2N(c2cc(-c3ncccn3)c(N3c4ccccc4C(C)(C)c4ccccc43)nc2-c2ncccn2)c2ccccc21. The first-order valence-corrected chi connectivity index (χ1v) is 16.9. The maximum atomic E-state index is 5.63. The number of hydrogen-bond acceptors (Lipinski definition) is 7. The second kappa shape index (κ2) is 11.2. The van der Waals surface area contributed by atoms with Crippen molar-refractivity contribution >= 4 is 34.3 Å². The summed E-state index contributed by atoms with van der Waals surface area (Å²) in [7, 11) is 0. The summed E-state index contributed by atoms with van der Waals surface area (Å²) < 4.78 is 0. The third-order valence-electron chi connectivity index (χ3n) is 10.3. The zero-order valence-electron chi connectivity index (χ0n) is 28.4. The Balaban J connectivity index is 1.41. The van der Waals surface area contributed by atoms with Crippen molar-refractivity contribution in [1.82, 2.24) is 24.9 Å². The van der Waals surface area contributed by atoms with E-state index in [0.717, 1.165) is 34.0 Å². The second-order valence-corrected chi connectivity index (χ2v) is 13.9. The molecule has 7 nitrogen and oxygen atoms in total. The standard InChI is InChI=1S/C43H35N7/c1-42(2)29-15-5-9-19-33(29)49(34-20-10-6-16-30(34)42)37-27-28(39-44-23-13-24-45-39)41(48-38(37)40-46-25-14-26-47-40)50-35-21-11-7-17-31(35)43(3,4)32-18-8-12-22-36(32)50/h5-27H,1-4H3. The fourth-order valence-electron chi connectivity index (χ4n) is 7.85.